The number of halogens is 5. The van der Waals surface area contributed by atoms with Gasteiger partial charge < -0.3 is 43.1 Å². The predicted octanol–water partition coefficient (Wildman–Crippen LogP) is 11.7. The Balaban J connectivity index is 0.000000147. The number of morpholine rings is 3. The fraction of sp³-hybridized carbons (Fsp3) is 0.239. The Hall–Kier alpha value is -9.99. The molecule has 3 aliphatic rings. The van der Waals surface area contributed by atoms with Gasteiger partial charge in [-0.3, -0.25) is 32.9 Å². The van der Waals surface area contributed by atoms with Crippen LogP contribution in [0.4, 0.5) is 25.8 Å². The quantitative estimate of drug-likeness (QED) is 0.0934. The van der Waals surface area contributed by atoms with E-state index in [0.717, 1.165) is 48.3 Å². The number of carbonyl (C=O) groups is 1. The lowest BCUT2D eigenvalue weighted by atomic mass is 10.1. The Kier molecular flexibility index (Phi) is 21.8. The Morgan fingerprint density at radius 1 is 0.479 bits per heavy atom. The van der Waals surface area contributed by atoms with Gasteiger partial charge in [0.1, 0.15) is 55.3 Å². The van der Waals surface area contributed by atoms with E-state index in [2.05, 4.69) is 30.8 Å². The van der Waals surface area contributed by atoms with Crippen molar-refractivity contribution in [2.45, 2.75) is 40.6 Å². The minimum Gasteiger partial charge on any atom is -0.486 e. The molecule has 0 atom stereocenters. The van der Waals surface area contributed by atoms with Crippen LogP contribution in [0.15, 0.2) is 172 Å². The Labute approximate surface area is 565 Å². The van der Waals surface area contributed by atoms with Gasteiger partial charge in [-0.2, -0.15) is 5.26 Å². The third-order valence-electron chi connectivity index (χ3n) is 15.6. The van der Waals surface area contributed by atoms with E-state index in [0.29, 0.717) is 105 Å². The SMILES string of the molecule is Cc1cc(=O)n(-c2ccc(N3CCOCC3)c(Cl)c2)c(COc2ccc(Cl)c3ccccc23)n1.Cc1cc(=O)n(-c2ccc(N3CCOCC3)c(Cl)c2)c(COc2cccc(C#N)c2)n1.Cc1cc(=O)n(-c2ccc(N3CCOCC3=O)c(F)c2)c(COc2cccc(F)c2)n1. The van der Waals surface area contributed by atoms with E-state index < -0.39 is 17.2 Å². The van der Waals surface area contributed by atoms with Gasteiger partial charge in [0.2, 0.25) is 0 Å². The zero-order valence-corrected chi connectivity index (χ0v) is 54.6. The van der Waals surface area contributed by atoms with Gasteiger partial charge in [-0.25, -0.2) is 23.7 Å². The first-order valence-electron chi connectivity index (χ1n) is 30.5. The van der Waals surface area contributed by atoms with Gasteiger partial charge in [0.15, 0.2) is 17.5 Å². The molecule has 3 aliphatic heterocycles. The first kappa shape index (κ1) is 67.4. The number of aromatic nitrogens is 6. The van der Waals surface area contributed by atoms with Crippen LogP contribution in [0.25, 0.3) is 27.8 Å². The van der Waals surface area contributed by atoms with Gasteiger partial charge in [0, 0.05) is 95.9 Å². The molecule has 6 heterocycles. The summed E-state index contributed by atoms with van der Waals surface area (Å²) < 4.78 is 66.0. The molecule has 3 saturated heterocycles. The summed E-state index contributed by atoms with van der Waals surface area (Å²) in [7, 11) is 0. The van der Waals surface area contributed by atoms with Gasteiger partial charge in [-0.15, -0.1) is 0 Å². The number of hydrogen-bond acceptors (Lipinski definition) is 16. The molecule has 10 aromatic rings. The molecule has 7 aromatic carbocycles. The average Bonchev–Trinajstić information content (AvgIpc) is 0.949. The van der Waals surface area contributed by atoms with Crippen LogP contribution in [0.1, 0.15) is 40.1 Å². The molecule has 96 heavy (non-hydrogen) atoms. The average molecular weight is 1360 g/mol. The molecule has 0 spiro atoms. The Morgan fingerprint density at radius 3 is 1.44 bits per heavy atom. The maximum absolute atomic E-state index is 14.9. The predicted molar refractivity (Wildman–Crippen MR) is 362 cm³/mol. The summed E-state index contributed by atoms with van der Waals surface area (Å²) in [6.07, 6.45) is 0. The molecule has 3 aromatic heterocycles. The van der Waals surface area contributed by atoms with Crippen molar-refractivity contribution in [3.05, 3.63) is 256 Å². The minimum atomic E-state index is -0.655. The van der Waals surface area contributed by atoms with Gasteiger partial charge in [0.05, 0.1) is 88.8 Å². The van der Waals surface area contributed by atoms with Crippen molar-refractivity contribution in [2.24, 2.45) is 0 Å². The summed E-state index contributed by atoms with van der Waals surface area (Å²) in [5, 5.41) is 12.7. The van der Waals surface area contributed by atoms with E-state index in [9.17, 15) is 28.0 Å². The summed E-state index contributed by atoms with van der Waals surface area (Å²) in [5.41, 5.74) is 4.80. The Morgan fingerprint density at radius 2 is 0.948 bits per heavy atom. The van der Waals surface area contributed by atoms with Crippen LogP contribution >= 0.6 is 34.8 Å². The van der Waals surface area contributed by atoms with E-state index in [4.69, 9.17) is 68.5 Å². The van der Waals surface area contributed by atoms with Crippen molar-refractivity contribution in [1.82, 2.24) is 28.7 Å². The smallest absolute Gasteiger partial charge is 0.258 e. The minimum absolute atomic E-state index is 0.0641. The van der Waals surface area contributed by atoms with Crippen LogP contribution in [0.2, 0.25) is 15.1 Å². The lowest BCUT2D eigenvalue weighted by molar-refractivity contribution is -0.125. The largest absolute Gasteiger partial charge is 0.486 e. The van der Waals surface area contributed by atoms with Crippen LogP contribution in [0.3, 0.4) is 0 Å². The van der Waals surface area contributed by atoms with Gasteiger partial charge >= 0.3 is 0 Å². The number of anilines is 3. The number of nitriles is 1. The van der Waals surface area contributed by atoms with Crippen molar-refractivity contribution in [3.63, 3.8) is 0 Å². The van der Waals surface area contributed by atoms with Crippen LogP contribution in [0, 0.1) is 43.7 Å². The molecule has 3 fully saturated rings. The van der Waals surface area contributed by atoms with Crippen molar-refractivity contribution in [2.75, 3.05) is 87.1 Å². The van der Waals surface area contributed by atoms with E-state index >= 15 is 0 Å². The van der Waals surface area contributed by atoms with Crippen LogP contribution in [0.5, 0.6) is 17.2 Å². The first-order valence-corrected chi connectivity index (χ1v) is 31.7. The number of hydrogen-bond donors (Lipinski definition) is 0. The number of amides is 1. The van der Waals surface area contributed by atoms with Gasteiger partial charge in [-0.1, -0.05) is 71.2 Å². The summed E-state index contributed by atoms with van der Waals surface area (Å²) >= 11 is 19.6. The number of rotatable bonds is 15. The number of carbonyl (C=O) groups excluding carboxylic acids is 1. The number of nitrogens with zero attached hydrogens (tertiary/aromatic N) is 10. The highest BCUT2D eigenvalue weighted by atomic mass is 35.5. The van der Waals surface area contributed by atoms with E-state index in [1.807, 2.05) is 54.6 Å². The maximum atomic E-state index is 14.9. The fourth-order valence-corrected chi connectivity index (χ4v) is 11.9. The molecule has 0 aliphatic carbocycles. The summed E-state index contributed by atoms with van der Waals surface area (Å²) in [6.45, 7) is 11.4. The monoisotopic (exact) mass is 1360 g/mol. The molecule has 0 saturated carbocycles. The second-order valence-electron chi connectivity index (χ2n) is 22.2. The highest BCUT2D eigenvalue weighted by molar-refractivity contribution is 6.36. The zero-order chi connectivity index (χ0) is 67.4. The molecule has 0 bridgehead atoms. The lowest BCUT2D eigenvalue weighted by Crippen LogP contribution is -2.42. The summed E-state index contributed by atoms with van der Waals surface area (Å²) in [5.74, 6) is 1.18. The zero-order valence-electron chi connectivity index (χ0n) is 52.4. The third-order valence-corrected chi connectivity index (χ3v) is 16.5. The standard InChI is InChI=1S/C26H23Cl2N3O3.C23H21ClN4O3.C22H19F2N3O4/c1-17-14-26(32)31(18-6-8-23(22(28)15-18)30-10-12-33-13-11-30)25(29-17)16-34-24-9-7-21(27)19-4-2-3-5-20(19)24;1-16-11-23(29)28(22(26-16)15-31-19-4-2-3-17(12-19)14-25)18-5-6-21(20(24)13-18)27-7-9-30-10-8-27;1-14-9-21(28)27(20(25-14)12-31-17-4-2-3-15(23)10-17)16-5-6-19(18(24)11-16)26-7-8-30-13-22(26)29/h2-9,14-15H,10-13,16H2,1H3;2-6,11-13H,7-10,15H2,1H3;2-6,9-11H,7-8,12-13H2,1H3. The van der Waals surface area contributed by atoms with Crippen LogP contribution < -0.4 is 45.6 Å². The van der Waals surface area contributed by atoms with Crippen molar-refractivity contribution < 1.29 is 42.0 Å². The summed E-state index contributed by atoms with van der Waals surface area (Å²) in [6, 6.07) is 45.5. The number of fused-ring (bicyclic) bond motifs is 1. The molecule has 20 nitrogen and oxygen atoms in total. The van der Waals surface area contributed by atoms with Crippen molar-refractivity contribution in [3.8, 4) is 40.4 Å². The van der Waals surface area contributed by atoms with Gasteiger partial charge in [0.25, 0.3) is 22.6 Å². The van der Waals surface area contributed by atoms with Crippen LogP contribution in [-0.2, 0) is 38.8 Å². The lowest BCUT2D eigenvalue weighted by Gasteiger charge is -2.29. The molecular weight excluding hydrogens is 1300 g/mol. The van der Waals surface area contributed by atoms with Crippen LogP contribution in [-0.4, -0.2) is 107 Å². The second-order valence-corrected chi connectivity index (χ2v) is 23.4. The van der Waals surface area contributed by atoms with Gasteiger partial charge in [-0.05, 0) is 112 Å². The van der Waals surface area contributed by atoms with E-state index in [1.165, 1.54) is 68.6 Å². The number of ether oxygens (including phenoxy) is 6. The van der Waals surface area contributed by atoms with Crippen molar-refractivity contribution >= 4 is 68.5 Å². The highest BCUT2D eigenvalue weighted by Gasteiger charge is 2.25. The number of benzene rings is 7. The topological polar surface area (TPSA) is 211 Å². The molecule has 13 rings (SSSR count). The Bertz CT molecular complexity index is 4750. The third kappa shape index (κ3) is 16.2. The van der Waals surface area contributed by atoms with Crippen molar-refractivity contribution in [1.29, 1.82) is 5.26 Å². The molecule has 25 heteroatoms. The molecule has 492 valence electrons. The number of aryl methyl sites for hydroxylation is 3. The summed E-state index contributed by atoms with van der Waals surface area (Å²) in [4.78, 5) is 69.7. The maximum Gasteiger partial charge on any atom is 0.258 e. The molecule has 0 radical (unpaired) electrons. The second kappa shape index (κ2) is 31.0. The molecule has 0 unspecified atom stereocenters. The molecular formula is C71H63Cl3F2N10O10. The molecule has 0 N–H and O–H groups in total. The first-order chi connectivity index (χ1) is 46.5. The highest BCUT2D eigenvalue weighted by Crippen LogP contribution is 2.34. The fourth-order valence-electron chi connectivity index (χ4n) is 11.1. The van der Waals surface area contributed by atoms with E-state index in [-0.39, 0.29) is 72.9 Å². The normalized spacial score (nSPS) is 13.9. The molecule has 1 amide bonds. The van der Waals surface area contributed by atoms with E-state index in [1.54, 1.807) is 73.9 Å².